The van der Waals surface area contributed by atoms with Gasteiger partial charge in [0, 0.05) is 12.6 Å². The van der Waals surface area contributed by atoms with Crippen molar-refractivity contribution in [3.05, 3.63) is 11.2 Å². The van der Waals surface area contributed by atoms with E-state index in [1.165, 1.54) is 0 Å². The fraction of sp³-hybridized carbons (Fsp3) is 0.692. The molecular formula is C13H23ClN4. The fourth-order valence-corrected chi connectivity index (χ4v) is 2.19. The van der Waals surface area contributed by atoms with E-state index in [0.717, 1.165) is 19.4 Å². The first-order valence-electron chi connectivity index (χ1n) is 6.65. The molecule has 0 spiro atoms. The molecule has 0 aromatic carbocycles. The Labute approximate surface area is 115 Å². The SMILES string of the molecule is CCNc1ncc(Cl)c(NC(C)C(CC)CC)n1. The predicted molar refractivity (Wildman–Crippen MR) is 78.4 cm³/mol. The van der Waals surface area contributed by atoms with Crippen molar-refractivity contribution >= 4 is 23.4 Å². The van der Waals surface area contributed by atoms with Crippen LogP contribution in [0.2, 0.25) is 5.02 Å². The van der Waals surface area contributed by atoms with E-state index in [9.17, 15) is 0 Å². The van der Waals surface area contributed by atoms with Gasteiger partial charge in [0.2, 0.25) is 5.95 Å². The van der Waals surface area contributed by atoms with E-state index in [-0.39, 0.29) is 0 Å². The molecule has 0 saturated carbocycles. The van der Waals surface area contributed by atoms with Gasteiger partial charge in [-0.3, -0.25) is 0 Å². The maximum atomic E-state index is 6.12. The molecule has 1 unspecified atom stereocenters. The molecule has 1 aromatic heterocycles. The van der Waals surface area contributed by atoms with Gasteiger partial charge in [0.05, 0.1) is 6.20 Å². The second kappa shape index (κ2) is 7.41. The minimum Gasteiger partial charge on any atom is -0.366 e. The first kappa shape index (κ1) is 15.0. The first-order chi connectivity index (χ1) is 8.62. The summed E-state index contributed by atoms with van der Waals surface area (Å²) >= 11 is 6.12. The summed E-state index contributed by atoms with van der Waals surface area (Å²) < 4.78 is 0. The van der Waals surface area contributed by atoms with E-state index in [2.05, 4.69) is 41.4 Å². The molecule has 0 bridgehead atoms. The topological polar surface area (TPSA) is 49.8 Å². The van der Waals surface area contributed by atoms with Crippen LogP contribution in [0.1, 0.15) is 40.5 Å². The zero-order valence-electron chi connectivity index (χ0n) is 11.6. The van der Waals surface area contributed by atoms with Crippen molar-refractivity contribution in [3.63, 3.8) is 0 Å². The van der Waals surface area contributed by atoms with Crippen LogP contribution in [-0.4, -0.2) is 22.6 Å². The molecule has 1 rings (SSSR count). The number of rotatable bonds is 7. The molecular weight excluding hydrogens is 248 g/mol. The summed E-state index contributed by atoms with van der Waals surface area (Å²) in [6, 6.07) is 0.349. The van der Waals surface area contributed by atoms with Crippen LogP contribution in [0.25, 0.3) is 0 Å². The summed E-state index contributed by atoms with van der Waals surface area (Å²) in [7, 11) is 0. The second-order valence-electron chi connectivity index (χ2n) is 4.43. The normalized spacial score (nSPS) is 12.6. The Bertz CT molecular complexity index is 366. The zero-order valence-corrected chi connectivity index (χ0v) is 12.4. The molecule has 0 fully saturated rings. The lowest BCUT2D eigenvalue weighted by Crippen LogP contribution is -2.26. The molecule has 0 saturated heterocycles. The summed E-state index contributed by atoms with van der Waals surface area (Å²) in [4.78, 5) is 8.51. The third-order valence-corrected chi connectivity index (χ3v) is 3.48. The lowest BCUT2D eigenvalue weighted by Gasteiger charge is -2.23. The first-order valence-corrected chi connectivity index (χ1v) is 7.03. The number of nitrogens with one attached hydrogen (secondary N) is 2. The van der Waals surface area contributed by atoms with Gasteiger partial charge < -0.3 is 10.6 Å². The molecule has 4 nitrogen and oxygen atoms in total. The molecule has 2 N–H and O–H groups in total. The van der Waals surface area contributed by atoms with Crippen LogP contribution in [0.4, 0.5) is 11.8 Å². The second-order valence-corrected chi connectivity index (χ2v) is 4.84. The molecule has 18 heavy (non-hydrogen) atoms. The van der Waals surface area contributed by atoms with Crippen LogP contribution in [0, 0.1) is 5.92 Å². The van der Waals surface area contributed by atoms with Crippen LogP contribution in [-0.2, 0) is 0 Å². The molecule has 0 aliphatic carbocycles. The number of halogens is 1. The minimum absolute atomic E-state index is 0.349. The highest BCUT2D eigenvalue weighted by Crippen LogP contribution is 2.23. The van der Waals surface area contributed by atoms with E-state index in [0.29, 0.717) is 28.7 Å². The van der Waals surface area contributed by atoms with Gasteiger partial charge in [0.1, 0.15) is 5.02 Å². The molecule has 1 aromatic rings. The number of nitrogens with zero attached hydrogens (tertiary/aromatic N) is 2. The summed E-state index contributed by atoms with van der Waals surface area (Å²) in [5, 5.41) is 7.04. The molecule has 5 heteroatoms. The molecule has 1 heterocycles. The van der Waals surface area contributed by atoms with Gasteiger partial charge in [0.25, 0.3) is 0 Å². The average Bonchev–Trinajstić information content (AvgIpc) is 2.35. The van der Waals surface area contributed by atoms with Gasteiger partial charge in [-0.2, -0.15) is 4.98 Å². The Morgan fingerprint density at radius 3 is 2.50 bits per heavy atom. The molecule has 0 radical (unpaired) electrons. The number of hydrogen-bond acceptors (Lipinski definition) is 4. The summed E-state index contributed by atoms with van der Waals surface area (Å²) in [6.45, 7) is 9.39. The van der Waals surface area contributed by atoms with Crippen molar-refractivity contribution < 1.29 is 0 Å². The lowest BCUT2D eigenvalue weighted by molar-refractivity contribution is 0.437. The summed E-state index contributed by atoms with van der Waals surface area (Å²) in [5.74, 6) is 1.95. The van der Waals surface area contributed by atoms with Crippen LogP contribution in [0.3, 0.4) is 0 Å². The van der Waals surface area contributed by atoms with Gasteiger partial charge in [-0.1, -0.05) is 38.3 Å². The highest BCUT2D eigenvalue weighted by molar-refractivity contribution is 6.32. The number of aromatic nitrogens is 2. The standard InChI is InChI=1S/C13H23ClN4/c1-5-10(6-2)9(4)17-12-11(14)8-16-13(18-12)15-7-3/h8-10H,5-7H2,1-4H3,(H2,15,16,17,18). The van der Waals surface area contributed by atoms with E-state index in [1.54, 1.807) is 6.20 Å². The average molecular weight is 271 g/mol. The highest BCUT2D eigenvalue weighted by atomic mass is 35.5. The van der Waals surface area contributed by atoms with Gasteiger partial charge in [-0.05, 0) is 19.8 Å². The Kier molecular flexibility index (Phi) is 6.19. The van der Waals surface area contributed by atoms with E-state index in [1.807, 2.05) is 6.92 Å². The van der Waals surface area contributed by atoms with Crippen molar-refractivity contribution in [2.75, 3.05) is 17.2 Å². The van der Waals surface area contributed by atoms with E-state index in [4.69, 9.17) is 11.6 Å². The molecule has 102 valence electrons. The lowest BCUT2D eigenvalue weighted by atomic mass is 9.95. The molecule has 0 aliphatic heterocycles. The van der Waals surface area contributed by atoms with Crippen LogP contribution >= 0.6 is 11.6 Å². The van der Waals surface area contributed by atoms with Crippen molar-refractivity contribution in [2.45, 2.75) is 46.6 Å². The third kappa shape index (κ3) is 4.02. The van der Waals surface area contributed by atoms with Crippen molar-refractivity contribution in [2.24, 2.45) is 5.92 Å². The van der Waals surface area contributed by atoms with E-state index >= 15 is 0 Å². The zero-order chi connectivity index (χ0) is 13.5. The maximum absolute atomic E-state index is 6.12. The van der Waals surface area contributed by atoms with Gasteiger partial charge in [0.15, 0.2) is 5.82 Å². The molecule has 1 atom stereocenters. The monoisotopic (exact) mass is 270 g/mol. The maximum Gasteiger partial charge on any atom is 0.224 e. The van der Waals surface area contributed by atoms with Crippen LogP contribution in [0.15, 0.2) is 6.20 Å². The summed E-state index contributed by atoms with van der Waals surface area (Å²) in [5.41, 5.74) is 0. The third-order valence-electron chi connectivity index (χ3n) is 3.20. The number of hydrogen-bond donors (Lipinski definition) is 2. The fourth-order valence-electron chi connectivity index (χ4n) is 2.04. The van der Waals surface area contributed by atoms with Crippen molar-refractivity contribution in [1.82, 2.24) is 9.97 Å². The highest BCUT2D eigenvalue weighted by Gasteiger charge is 2.15. The predicted octanol–water partition coefficient (Wildman–Crippen LogP) is 3.80. The molecule has 0 aliphatic rings. The Balaban J connectivity index is 2.79. The minimum atomic E-state index is 0.349. The Hall–Kier alpha value is -1.03. The van der Waals surface area contributed by atoms with Crippen LogP contribution in [0.5, 0.6) is 0 Å². The van der Waals surface area contributed by atoms with Crippen molar-refractivity contribution in [1.29, 1.82) is 0 Å². The smallest absolute Gasteiger partial charge is 0.224 e. The van der Waals surface area contributed by atoms with Crippen LogP contribution < -0.4 is 10.6 Å². The van der Waals surface area contributed by atoms with E-state index < -0.39 is 0 Å². The quantitative estimate of drug-likeness (QED) is 0.791. The largest absolute Gasteiger partial charge is 0.366 e. The Morgan fingerprint density at radius 2 is 1.94 bits per heavy atom. The van der Waals surface area contributed by atoms with Gasteiger partial charge in [-0.15, -0.1) is 0 Å². The van der Waals surface area contributed by atoms with Crippen molar-refractivity contribution in [3.8, 4) is 0 Å². The number of anilines is 2. The molecule has 0 amide bonds. The summed E-state index contributed by atoms with van der Waals surface area (Å²) in [6.07, 6.45) is 3.93. The van der Waals surface area contributed by atoms with Gasteiger partial charge in [-0.25, -0.2) is 4.98 Å². The Morgan fingerprint density at radius 1 is 1.28 bits per heavy atom. The van der Waals surface area contributed by atoms with Gasteiger partial charge >= 0.3 is 0 Å².